The summed E-state index contributed by atoms with van der Waals surface area (Å²) in [6, 6.07) is -2.86. The van der Waals surface area contributed by atoms with Gasteiger partial charge in [0.1, 0.15) is 6.04 Å². The van der Waals surface area contributed by atoms with Gasteiger partial charge in [-0.15, -0.1) is 0 Å². The Morgan fingerprint density at radius 2 is 1.57 bits per heavy atom. The van der Waals surface area contributed by atoms with Crippen LogP contribution in [0.1, 0.15) is 88.0 Å². The van der Waals surface area contributed by atoms with Crippen molar-refractivity contribution in [2.45, 2.75) is 112 Å². The molecule has 0 aromatic rings. The number of carbonyl (C=O) groups excluding carboxylic acids is 6. The van der Waals surface area contributed by atoms with Gasteiger partial charge in [0.15, 0.2) is 5.78 Å². The standard InChI is InChI=1S/C28H50N6O6/c1-15(2)21(23(37)32-19(22(36)16(3)4)11-10-12-31-26(30)40)33-25(39)27(6,7)14-28(8,9)34-20(35)13-18(17(5)29)24(34)38/h15-19,21H,10-14,29H2,1-9H3,(H,32,37)(H,33,39)(H3,30,31,40)/t17?,18?,19-,21-/m0/s1. The van der Waals surface area contributed by atoms with Gasteiger partial charge in [0.25, 0.3) is 0 Å². The highest BCUT2D eigenvalue weighted by molar-refractivity contribution is 6.04. The van der Waals surface area contributed by atoms with Crippen molar-refractivity contribution in [3.8, 4) is 0 Å². The number of Topliss-reactive ketones (excluding diaryl/α,β-unsaturated/α-hetero) is 1. The zero-order chi connectivity index (χ0) is 31.2. The van der Waals surface area contributed by atoms with E-state index in [1.807, 2.05) is 0 Å². The maximum atomic E-state index is 13.5. The molecule has 40 heavy (non-hydrogen) atoms. The molecule has 1 aliphatic rings. The van der Waals surface area contributed by atoms with E-state index in [1.165, 1.54) is 4.90 Å². The molecule has 6 amide bonds. The minimum Gasteiger partial charge on any atom is -0.352 e. The summed E-state index contributed by atoms with van der Waals surface area (Å²) in [6.07, 6.45) is 0.909. The predicted octanol–water partition coefficient (Wildman–Crippen LogP) is 1.20. The van der Waals surface area contributed by atoms with E-state index >= 15 is 0 Å². The number of nitrogens with two attached hydrogens (primary N) is 2. The van der Waals surface area contributed by atoms with Crippen molar-refractivity contribution >= 4 is 35.4 Å². The summed E-state index contributed by atoms with van der Waals surface area (Å²) >= 11 is 0. The van der Waals surface area contributed by atoms with Gasteiger partial charge in [-0.05, 0) is 46.0 Å². The SMILES string of the molecule is CC(C)C(=O)[C@H](CCCNC(N)=O)NC(=O)[C@@H](NC(=O)C(C)(C)CC(C)(C)N1C(=O)CC(C(C)N)C1=O)C(C)C. The molecule has 0 bridgehead atoms. The highest BCUT2D eigenvalue weighted by Gasteiger charge is 2.49. The van der Waals surface area contributed by atoms with Gasteiger partial charge in [-0.3, -0.25) is 28.9 Å². The Bertz CT molecular complexity index is 974. The fourth-order valence-corrected chi connectivity index (χ4v) is 5.28. The fraction of sp³-hybridized carbons (Fsp3) is 0.786. The van der Waals surface area contributed by atoms with Crippen molar-refractivity contribution in [3.63, 3.8) is 0 Å². The summed E-state index contributed by atoms with van der Waals surface area (Å²) in [4.78, 5) is 77.5. The van der Waals surface area contributed by atoms with Crippen molar-refractivity contribution in [2.24, 2.45) is 34.6 Å². The molecule has 228 valence electrons. The third-order valence-corrected chi connectivity index (χ3v) is 7.34. The lowest BCUT2D eigenvalue weighted by Crippen LogP contribution is -2.57. The van der Waals surface area contributed by atoms with E-state index in [1.54, 1.807) is 62.3 Å². The molecule has 0 spiro atoms. The summed E-state index contributed by atoms with van der Waals surface area (Å²) in [5.41, 5.74) is 8.98. The number of primary amides is 1. The van der Waals surface area contributed by atoms with Crippen LogP contribution in [0.2, 0.25) is 0 Å². The fourth-order valence-electron chi connectivity index (χ4n) is 5.28. The van der Waals surface area contributed by atoms with E-state index in [-0.39, 0.29) is 48.8 Å². The van der Waals surface area contributed by atoms with Crippen LogP contribution in [-0.2, 0) is 24.0 Å². The van der Waals surface area contributed by atoms with Crippen molar-refractivity contribution < 1.29 is 28.8 Å². The van der Waals surface area contributed by atoms with Crippen LogP contribution in [0.3, 0.4) is 0 Å². The number of likely N-dealkylation sites (tertiary alicyclic amines) is 1. The van der Waals surface area contributed by atoms with Crippen LogP contribution in [-0.4, -0.2) is 70.6 Å². The second-order valence-electron chi connectivity index (χ2n) is 12.9. The van der Waals surface area contributed by atoms with Gasteiger partial charge >= 0.3 is 6.03 Å². The Morgan fingerprint density at radius 3 is 2.02 bits per heavy atom. The van der Waals surface area contributed by atoms with E-state index in [9.17, 15) is 28.8 Å². The first-order valence-electron chi connectivity index (χ1n) is 14.0. The van der Waals surface area contributed by atoms with Crippen LogP contribution >= 0.6 is 0 Å². The number of urea groups is 1. The van der Waals surface area contributed by atoms with Gasteiger partial charge in [-0.2, -0.15) is 0 Å². The molecule has 1 fully saturated rings. The van der Waals surface area contributed by atoms with Gasteiger partial charge in [0.05, 0.1) is 12.0 Å². The topological polar surface area (TPSA) is 194 Å². The van der Waals surface area contributed by atoms with E-state index < -0.39 is 52.8 Å². The number of rotatable bonds is 15. The maximum absolute atomic E-state index is 13.5. The number of carbonyl (C=O) groups is 6. The highest BCUT2D eigenvalue weighted by Crippen LogP contribution is 2.37. The molecule has 1 aliphatic heterocycles. The summed E-state index contributed by atoms with van der Waals surface area (Å²) in [7, 11) is 0. The van der Waals surface area contributed by atoms with Crippen LogP contribution in [0.25, 0.3) is 0 Å². The number of hydrogen-bond donors (Lipinski definition) is 5. The molecule has 12 heteroatoms. The van der Waals surface area contributed by atoms with Gasteiger partial charge in [0, 0.05) is 35.9 Å². The molecule has 1 saturated heterocycles. The maximum Gasteiger partial charge on any atom is 0.312 e. The minimum atomic E-state index is -1.06. The van der Waals surface area contributed by atoms with E-state index in [0.717, 1.165) is 0 Å². The molecular formula is C28H50N6O6. The van der Waals surface area contributed by atoms with Crippen LogP contribution < -0.4 is 27.4 Å². The molecule has 7 N–H and O–H groups in total. The first kappa shape index (κ1) is 35.0. The van der Waals surface area contributed by atoms with Crippen molar-refractivity contribution in [1.82, 2.24) is 20.9 Å². The minimum absolute atomic E-state index is 0.0387. The Hall–Kier alpha value is -3.02. The number of ketones is 1. The molecule has 2 unspecified atom stereocenters. The van der Waals surface area contributed by atoms with Crippen LogP contribution in [0.4, 0.5) is 4.79 Å². The molecule has 0 radical (unpaired) electrons. The quantitative estimate of drug-likeness (QED) is 0.145. The van der Waals surface area contributed by atoms with Gasteiger partial charge in [0.2, 0.25) is 23.6 Å². The van der Waals surface area contributed by atoms with Crippen LogP contribution in [0.15, 0.2) is 0 Å². The van der Waals surface area contributed by atoms with Gasteiger partial charge in [-0.25, -0.2) is 4.79 Å². The molecule has 12 nitrogen and oxygen atoms in total. The third kappa shape index (κ3) is 9.28. The monoisotopic (exact) mass is 566 g/mol. The lowest BCUT2D eigenvalue weighted by molar-refractivity contribution is -0.149. The molecule has 0 aliphatic carbocycles. The second kappa shape index (κ2) is 14.0. The molecule has 0 saturated carbocycles. The van der Waals surface area contributed by atoms with E-state index in [0.29, 0.717) is 12.8 Å². The van der Waals surface area contributed by atoms with Crippen LogP contribution in [0.5, 0.6) is 0 Å². The van der Waals surface area contributed by atoms with Gasteiger partial charge < -0.3 is 27.4 Å². The molecular weight excluding hydrogens is 516 g/mol. The summed E-state index contributed by atoms with van der Waals surface area (Å²) < 4.78 is 0. The van der Waals surface area contributed by atoms with Crippen molar-refractivity contribution in [3.05, 3.63) is 0 Å². The van der Waals surface area contributed by atoms with E-state index in [2.05, 4.69) is 16.0 Å². The number of imide groups is 1. The normalized spacial score (nSPS) is 18.5. The Labute approximate surface area is 238 Å². The molecule has 4 atom stereocenters. The average Bonchev–Trinajstić information content (AvgIpc) is 3.12. The summed E-state index contributed by atoms with van der Waals surface area (Å²) in [5.74, 6) is -2.96. The number of nitrogens with zero attached hydrogens (tertiary/aromatic N) is 1. The summed E-state index contributed by atoms with van der Waals surface area (Å²) in [6.45, 7) is 15.9. The lowest BCUT2D eigenvalue weighted by Gasteiger charge is -2.40. The second-order valence-corrected chi connectivity index (χ2v) is 12.9. The summed E-state index contributed by atoms with van der Waals surface area (Å²) in [5, 5.41) is 8.08. The average molecular weight is 567 g/mol. The van der Waals surface area contributed by atoms with Crippen molar-refractivity contribution in [2.75, 3.05) is 6.54 Å². The van der Waals surface area contributed by atoms with Crippen molar-refractivity contribution in [1.29, 1.82) is 0 Å². The number of hydrogen-bond acceptors (Lipinski definition) is 7. The number of amides is 6. The largest absolute Gasteiger partial charge is 0.352 e. The Balaban J connectivity index is 3.02. The van der Waals surface area contributed by atoms with Gasteiger partial charge in [-0.1, -0.05) is 41.5 Å². The molecule has 0 aromatic heterocycles. The predicted molar refractivity (Wildman–Crippen MR) is 151 cm³/mol. The molecule has 1 heterocycles. The first-order chi connectivity index (χ1) is 18.2. The Morgan fingerprint density at radius 1 is 1.00 bits per heavy atom. The smallest absolute Gasteiger partial charge is 0.312 e. The molecule has 1 rings (SSSR count). The molecule has 0 aromatic carbocycles. The van der Waals surface area contributed by atoms with Crippen LogP contribution in [0, 0.1) is 23.2 Å². The highest BCUT2D eigenvalue weighted by atomic mass is 16.2. The first-order valence-corrected chi connectivity index (χ1v) is 14.0. The number of nitrogens with one attached hydrogen (secondary N) is 3. The zero-order valence-corrected chi connectivity index (χ0v) is 25.6. The zero-order valence-electron chi connectivity index (χ0n) is 25.6. The lowest BCUT2D eigenvalue weighted by atomic mass is 9.78. The Kier molecular flexibility index (Phi) is 12.3. The van der Waals surface area contributed by atoms with E-state index in [4.69, 9.17) is 11.5 Å². The third-order valence-electron chi connectivity index (χ3n) is 7.34.